The fraction of sp³-hybridized carbons (Fsp3) is 0.0769. The third-order valence-corrected chi connectivity index (χ3v) is 3.00. The smallest absolute Gasteiger partial charge is 0.305 e. The summed E-state index contributed by atoms with van der Waals surface area (Å²) < 4.78 is 0.763. The van der Waals surface area contributed by atoms with Crippen LogP contribution in [0, 0.1) is 22.7 Å². The number of terminal acetylenes is 1. The van der Waals surface area contributed by atoms with Gasteiger partial charge in [0.15, 0.2) is 11.4 Å². The Morgan fingerprint density at radius 3 is 3.25 bits per heavy atom. The molecule has 0 amide bonds. The molecule has 1 aliphatic heterocycles. The summed E-state index contributed by atoms with van der Waals surface area (Å²) in [5.74, 6) is 4.05. The molecule has 0 saturated carbocycles. The minimum Gasteiger partial charge on any atom is -0.391 e. The van der Waals surface area contributed by atoms with Crippen LogP contribution in [0.2, 0.25) is 0 Å². The number of para-hydroxylation sites is 1. The van der Waals surface area contributed by atoms with E-state index in [0.717, 1.165) is 21.5 Å². The van der Waals surface area contributed by atoms with Crippen molar-refractivity contribution in [1.29, 1.82) is 0 Å². The first-order chi connectivity index (χ1) is 7.85. The third-order valence-electron chi connectivity index (χ3n) is 2.17. The Bertz CT molecular complexity index is 565. The second kappa shape index (κ2) is 4.84. The van der Waals surface area contributed by atoms with Crippen molar-refractivity contribution in [2.45, 2.75) is 6.61 Å². The molecule has 80 valence electrons. The highest BCUT2D eigenvalue weighted by Crippen LogP contribution is 2.20. The fourth-order valence-corrected chi connectivity index (χ4v) is 2.05. The normalized spacial score (nSPS) is 11.4. The van der Waals surface area contributed by atoms with E-state index in [4.69, 9.17) is 6.42 Å². The van der Waals surface area contributed by atoms with Gasteiger partial charge in [0.05, 0.1) is 6.61 Å². The predicted molar refractivity (Wildman–Crippen MR) is 66.1 cm³/mol. The van der Waals surface area contributed by atoms with Gasteiger partial charge in [-0.2, -0.15) is 18.2 Å². The van der Waals surface area contributed by atoms with E-state index < -0.39 is 0 Å². The van der Waals surface area contributed by atoms with Gasteiger partial charge in [0.2, 0.25) is 0 Å². The molecule has 1 heterocycles. The van der Waals surface area contributed by atoms with Crippen LogP contribution in [-0.4, -0.2) is 10.1 Å². The number of fused-ring (bicyclic) bond motifs is 1. The largest absolute Gasteiger partial charge is 0.391 e. The van der Waals surface area contributed by atoms with Crippen LogP contribution in [0.5, 0.6) is 0 Å². The first-order valence-electron chi connectivity index (χ1n) is 4.79. The van der Waals surface area contributed by atoms with E-state index >= 15 is 0 Å². The van der Waals surface area contributed by atoms with E-state index in [-0.39, 0.29) is 6.61 Å². The van der Waals surface area contributed by atoms with Gasteiger partial charge >= 0.3 is 4.64 Å². The maximum Gasteiger partial charge on any atom is 0.305 e. The molecule has 0 spiro atoms. The Morgan fingerprint density at radius 1 is 1.62 bits per heavy atom. The maximum atomic E-state index is 9.26. The molecule has 0 fully saturated rings. The first kappa shape index (κ1) is 10.7. The lowest BCUT2D eigenvalue weighted by molar-refractivity contribution is 0.281. The van der Waals surface area contributed by atoms with Crippen molar-refractivity contribution in [3.8, 4) is 23.6 Å². The molecule has 0 unspecified atom stereocenters. The number of pyridine rings is 1. The Balaban J connectivity index is 2.66. The lowest BCUT2D eigenvalue weighted by Gasteiger charge is -2.10. The van der Waals surface area contributed by atoms with E-state index in [1.165, 1.54) is 11.4 Å². The van der Waals surface area contributed by atoms with Crippen LogP contribution in [0.4, 0.5) is 0 Å². The number of benzene rings is 1. The number of rotatable bonds is 2. The van der Waals surface area contributed by atoms with Crippen LogP contribution in [0.3, 0.4) is 0 Å². The second-order valence-electron chi connectivity index (χ2n) is 3.21. The van der Waals surface area contributed by atoms with E-state index in [1.807, 2.05) is 30.3 Å². The van der Waals surface area contributed by atoms with Gasteiger partial charge in [0, 0.05) is 5.56 Å². The number of aliphatic hydroxyl groups excluding tert-OH is 1. The van der Waals surface area contributed by atoms with Crippen LogP contribution in [0.25, 0.3) is 11.3 Å². The predicted octanol–water partition coefficient (Wildman–Crippen LogP) is 1.81. The van der Waals surface area contributed by atoms with Gasteiger partial charge in [-0.1, -0.05) is 6.07 Å². The standard InChI is InChI=1S/C13H10NOS/c1-2-7-16-13-11(9-15)8-10-5-3-4-6-12(10)14-13/h1,3-8,15H,9H2/q-1. The zero-order valence-electron chi connectivity index (χ0n) is 8.55. The van der Waals surface area contributed by atoms with Crippen LogP contribution in [0.15, 0.2) is 30.3 Å². The zero-order chi connectivity index (χ0) is 11.4. The van der Waals surface area contributed by atoms with Crippen molar-refractivity contribution in [3.05, 3.63) is 46.3 Å². The van der Waals surface area contributed by atoms with E-state index in [0.29, 0.717) is 0 Å². The molecule has 2 aliphatic rings. The summed E-state index contributed by atoms with van der Waals surface area (Å²) in [6.07, 6.45) is 5.16. The molecule has 0 aromatic rings. The molecule has 0 aromatic carbocycles. The van der Waals surface area contributed by atoms with Crippen molar-refractivity contribution in [1.82, 2.24) is 4.98 Å². The van der Waals surface area contributed by atoms with Gasteiger partial charge in [-0.25, -0.2) is 10.9 Å². The van der Waals surface area contributed by atoms with Crippen molar-refractivity contribution >= 4 is 11.4 Å². The molecule has 0 atom stereocenters. The van der Waals surface area contributed by atoms with E-state index in [1.54, 1.807) is 5.75 Å². The summed E-state index contributed by atoms with van der Waals surface area (Å²) in [6, 6.07) is 9.74. The maximum absolute atomic E-state index is 9.26. The van der Waals surface area contributed by atoms with Crippen molar-refractivity contribution in [2.24, 2.45) is 0 Å². The summed E-state index contributed by atoms with van der Waals surface area (Å²) in [5, 5.41) is 9.26. The minimum absolute atomic E-state index is 0.0292. The topological polar surface area (TPSA) is 33.1 Å². The molecule has 2 rings (SSSR count). The molecule has 0 saturated heterocycles. The SMILES string of the molecule is C#C[CH-][S+]=c1nc2cc[cH-]cc-2cc1CO. The number of hydrogen-bond donors (Lipinski definition) is 1. The molecule has 2 nitrogen and oxygen atoms in total. The second-order valence-corrected chi connectivity index (χ2v) is 4.06. The zero-order valence-corrected chi connectivity index (χ0v) is 9.37. The highest BCUT2D eigenvalue weighted by molar-refractivity contribution is 7.72. The quantitative estimate of drug-likeness (QED) is 0.368. The molecule has 0 aromatic heterocycles. The van der Waals surface area contributed by atoms with E-state index in [9.17, 15) is 5.11 Å². The Labute approximate surface area is 98.3 Å². The molecule has 3 heteroatoms. The monoisotopic (exact) mass is 228 g/mol. The Hall–Kier alpha value is -1.76. The van der Waals surface area contributed by atoms with Crippen LogP contribution in [-0.2, 0) is 18.0 Å². The number of nitrogens with zero attached hydrogens (tertiary/aromatic N) is 1. The van der Waals surface area contributed by atoms with Crippen LogP contribution >= 0.6 is 0 Å². The molecule has 16 heavy (non-hydrogen) atoms. The van der Waals surface area contributed by atoms with Gasteiger partial charge in [-0.15, -0.1) is 11.6 Å². The lowest BCUT2D eigenvalue weighted by Crippen LogP contribution is -1.95. The molecule has 1 aliphatic carbocycles. The minimum atomic E-state index is -0.0292. The average molecular weight is 228 g/mol. The molecule has 0 bridgehead atoms. The average Bonchev–Trinajstić information content (AvgIpc) is 2.35. The summed E-state index contributed by atoms with van der Waals surface area (Å²) in [4.78, 5) is 4.46. The van der Waals surface area contributed by atoms with Crippen LogP contribution in [0.1, 0.15) is 5.56 Å². The summed E-state index contributed by atoms with van der Waals surface area (Å²) in [7, 11) is 0. The third kappa shape index (κ3) is 2.08. The summed E-state index contributed by atoms with van der Waals surface area (Å²) in [5.41, 5.74) is 2.74. The van der Waals surface area contributed by atoms with Crippen molar-refractivity contribution in [3.63, 3.8) is 0 Å². The van der Waals surface area contributed by atoms with Gasteiger partial charge in [-0.05, 0) is 5.69 Å². The Morgan fingerprint density at radius 2 is 2.50 bits per heavy atom. The lowest BCUT2D eigenvalue weighted by atomic mass is 10.1. The highest BCUT2D eigenvalue weighted by Gasteiger charge is 2.05. The molecular formula is C13H10NOS-. The first-order valence-corrected chi connectivity index (χ1v) is 5.67. The van der Waals surface area contributed by atoms with Crippen molar-refractivity contribution < 1.29 is 5.11 Å². The van der Waals surface area contributed by atoms with Crippen LogP contribution < -0.4 is 0 Å². The van der Waals surface area contributed by atoms with Gasteiger partial charge in [0.25, 0.3) is 0 Å². The van der Waals surface area contributed by atoms with Gasteiger partial charge in [0.1, 0.15) is 5.75 Å². The van der Waals surface area contributed by atoms with Crippen molar-refractivity contribution in [2.75, 3.05) is 0 Å². The number of hydrogen-bond acceptors (Lipinski definition) is 2. The van der Waals surface area contributed by atoms with Gasteiger partial charge < -0.3 is 11.5 Å². The van der Waals surface area contributed by atoms with E-state index in [2.05, 4.69) is 10.9 Å². The van der Waals surface area contributed by atoms with Gasteiger partial charge in [-0.3, -0.25) is 0 Å². The summed E-state index contributed by atoms with van der Waals surface area (Å²) in [6.45, 7) is -0.0292. The number of aliphatic hydroxyl groups is 1. The summed E-state index contributed by atoms with van der Waals surface area (Å²) >= 11 is 1.35. The molecular weight excluding hydrogens is 218 g/mol. The fourth-order valence-electron chi connectivity index (χ4n) is 1.45. The molecule has 0 radical (unpaired) electrons. The molecule has 1 N–H and O–H groups in total. The number of aromatic nitrogens is 1. The Kier molecular flexibility index (Phi) is 3.25. The highest BCUT2D eigenvalue weighted by atomic mass is 32.1.